The summed E-state index contributed by atoms with van der Waals surface area (Å²) in [5.74, 6) is 0.206. The number of aliphatic hydroxyl groups is 1. The third-order valence-corrected chi connectivity index (χ3v) is 3.00. The van der Waals surface area contributed by atoms with Crippen molar-refractivity contribution in [2.75, 3.05) is 0 Å². The van der Waals surface area contributed by atoms with Crippen molar-refractivity contribution in [3.8, 4) is 5.75 Å². The number of aliphatic hydroxyl groups excluding tert-OH is 1. The summed E-state index contributed by atoms with van der Waals surface area (Å²) in [5, 5.41) is 22.8. The number of nitrogens with one attached hydrogen (secondary N) is 1. The molecule has 0 aromatic heterocycles. The fourth-order valence-electron chi connectivity index (χ4n) is 2.15. The largest absolute Gasteiger partial charge is 0.508 e. The smallest absolute Gasteiger partial charge is 0.115 e. The second-order valence-corrected chi connectivity index (χ2v) is 4.29. The standard InChI is InChI=1S/C12H17NO2/c1-8-5-6-11(13-8)12(15)9-3-2-4-10(14)7-9/h2-4,7-8,11-15H,5-6H2,1H3/t8?,11?,12-/m1/s1. The average Bonchev–Trinajstić information content (AvgIpc) is 2.64. The van der Waals surface area contributed by atoms with Crippen LogP contribution in [0.3, 0.4) is 0 Å². The number of aromatic hydroxyl groups is 1. The second kappa shape index (κ2) is 4.21. The van der Waals surface area contributed by atoms with E-state index >= 15 is 0 Å². The van der Waals surface area contributed by atoms with Crippen LogP contribution >= 0.6 is 0 Å². The number of hydrogen-bond donors (Lipinski definition) is 3. The first-order chi connectivity index (χ1) is 7.16. The van der Waals surface area contributed by atoms with E-state index in [1.165, 1.54) is 0 Å². The van der Waals surface area contributed by atoms with Crippen LogP contribution in [0.15, 0.2) is 24.3 Å². The molecule has 0 saturated carbocycles. The van der Waals surface area contributed by atoms with Gasteiger partial charge in [0.05, 0.1) is 6.10 Å². The van der Waals surface area contributed by atoms with Gasteiger partial charge in [0.25, 0.3) is 0 Å². The van der Waals surface area contributed by atoms with E-state index in [1.54, 1.807) is 18.2 Å². The zero-order valence-corrected chi connectivity index (χ0v) is 8.85. The Morgan fingerprint density at radius 3 is 2.80 bits per heavy atom. The Kier molecular flexibility index (Phi) is 2.93. The molecule has 3 nitrogen and oxygen atoms in total. The molecule has 0 spiro atoms. The van der Waals surface area contributed by atoms with Crippen molar-refractivity contribution >= 4 is 0 Å². The summed E-state index contributed by atoms with van der Waals surface area (Å²) in [6.45, 7) is 2.12. The summed E-state index contributed by atoms with van der Waals surface area (Å²) in [5.41, 5.74) is 0.779. The minimum absolute atomic E-state index is 0.113. The molecule has 15 heavy (non-hydrogen) atoms. The molecule has 1 aromatic carbocycles. The SMILES string of the molecule is CC1CCC([C@H](O)c2cccc(O)c2)N1. The molecule has 1 fully saturated rings. The van der Waals surface area contributed by atoms with Gasteiger partial charge in [0.2, 0.25) is 0 Å². The van der Waals surface area contributed by atoms with Crippen LogP contribution in [0, 0.1) is 0 Å². The van der Waals surface area contributed by atoms with E-state index in [0.717, 1.165) is 18.4 Å². The highest BCUT2D eigenvalue weighted by Crippen LogP contribution is 2.26. The van der Waals surface area contributed by atoms with Crippen molar-refractivity contribution < 1.29 is 10.2 Å². The van der Waals surface area contributed by atoms with E-state index in [4.69, 9.17) is 0 Å². The molecule has 2 unspecified atom stereocenters. The highest BCUT2D eigenvalue weighted by atomic mass is 16.3. The van der Waals surface area contributed by atoms with Crippen LogP contribution in [0.2, 0.25) is 0 Å². The summed E-state index contributed by atoms with van der Waals surface area (Å²) < 4.78 is 0. The van der Waals surface area contributed by atoms with Crippen molar-refractivity contribution in [1.29, 1.82) is 0 Å². The Balaban J connectivity index is 2.10. The molecule has 0 bridgehead atoms. The van der Waals surface area contributed by atoms with Crippen LogP contribution in [0.1, 0.15) is 31.4 Å². The van der Waals surface area contributed by atoms with Gasteiger partial charge in [-0.3, -0.25) is 0 Å². The third-order valence-electron chi connectivity index (χ3n) is 3.00. The van der Waals surface area contributed by atoms with E-state index in [1.807, 2.05) is 6.07 Å². The van der Waals surface area contributed by atoms with E-state index in [2.05, 4.69) is 12.2 Å². The predicted octanol–water partition coefficient (Wildman–Crippen LogP) is 1.57. The molecule has 3 N–H and O–H groups in total. The van der Waals surface area contributed by atoms with Gasteiger partial charge in [-0.2, -0.15) is 0 Å². The molecule has 0 aliphatic carbocycles. The Morgan fingerprint density at radius 1 is 1.40 bits per heavy atom. The molecule has 3 heteroatoms. The van der Waals surface area contributed by atoms with Crippen LogP contribution < -0.4 is 5.32 Å². The molecule has 3 atom stereocenters. The number of benzene rings is 1. The number of phenolic OH excluding ortho intramolecular Hbond substituents is 1. The van der Waals surface area contributed by atoms with Crippen molar-refractivity contribution in [2.24, 2.45) is 0 Å². The third kappa shape index (κ3) is 2.30. The summed E-state index contributed by atoms with van der Waals surface area (Å²) >= 11 is 0. The number of phenols is 1. The van der Waals surface area contributed by atoms with Gasteiger partial charge in [-0.1, -0.05) is 12.1 Å². The van der Waals surface area contributed by atoms with E-state index < -0.39 is 6.10 Å². The first kappa shape index (κ1) is 10.5. The zero-order chi connectivity index (χ0) is 10.8. The first-order valence-electron chi connectivity index (χ1n) is 5.40. The van der Waals surface area contributed by atoms with E-state index in [-0.39, 0.29) is 11.8 Å². The quantitative estimate of drug-likeness (QED) is 0.690. The molecule has 2 rings (SSSR count). The number of hydrogen-bond acceptors (Lipinski definition) is 3. The molecule has 1 saturated heterocycles. The first-order valence-corrected chi connectivity index (χ1v) is 5.40. The van der Waals surface area contributed by atoms with Gasteiger partial charge in [-0.25, -0.2) is 0 Å². The molecule has 82 valence electrons. The maximum atomic E-state index is 10.1. The summed E-state index contributed by atoms with van der Waals surface area (Å²) in [7, 11) is 0. The number of rotatable bonds is 2. The minimum Gasteiger partial charge on any atom is -0.508 e. The highest BCUT2D eigenvalue weighted by molar-refractivity contribution is 5.29. The van der Waals surface area contributed by atoms with Gasteiger partial charge in [-0.15, -0.1) is 0 Å². The van der Waals surface area contributed by atoms with Gasteiger partial charge in [0.1, 0.15) is 5.75 Å². The second-order valence-electron chi connectivity index (χ2n) is 4.29. The molecular weight excluding hydrogens is 190 g/mol. The molecule has 1 heterocycles. The van der Waals surface area contributed by atoms with Gasteiger partial charge < -0.3 is 15.5 Å². The van der Waals surface area contributed by atoms with Crippen LogP contribution in [0.4, 0.5) is 0 Å². The molecule has 1 aromatic rings. The monoisotopic (exact) mass is 207 g/mol. The Hall–Kier alpha value is -1.06. The highest BCUT2D eigenvalue weighted by Gasteiger charge is 2.27. The normalized spacial score (nSPS) is 27.9. The fraction of sp³-hybridized carbons (Fsp3) is 0.500. The summed E-state index contributed by atoms with van der Waals surface area (Å²) in [6.07, 6.45) is 1.56. The van der Waals surface area contributed by atoms with Crippen LogP contribution in [0.5, 0.6) is 5.75 Å². The maximum absolute atomic E-state index is 10.1. The summed E-state index contributed by atoms with van der Waals surface area (Å²) in [6, 6.07) is 7.42. The van der Waals surface area contributed by atoms with Crippen molar-refractivity contribution in [1.82, 2.24) is 5.32 Å². The van der Waals surface area contributed by atoms with E-state index in [0.29, 0.717) is 6.04 Å². The minimum atomic E-state index is -0.526. The molecule has 0 amide bonds. The molecule has 1 aliphatic heterocycles. The topological polar surface area (TPSA) is 52.5 Å². The van der Waals surface area contributed by atoms with Crippen molar-refractivity contribution in [2.45, 2.75) is 38.0 Å². The Morgan fingerprint density at radius 2 is 2.20 bits per heavy atom. The van der Waals surface area contributed by atoms with E-state index in [9.17, 15) is 10.2 Å². The Bertz CT molecular complexity index is 340. The van der Waals surface area contributed by atoms with Crippen LogP contribution in [-0.2, 0) is 0 Å². The van der Waals surface area contributed by atoms with Crippen molar-refractivity contribution in [3.63, 3.8) is 0 Å². The molecule has 1 aliphatic rings. The van der Waals surface area contributed by atoms with Gasteiger partial charge >= 0.3 is 0 Å². The lowest BCUT2D eigenvalue weighted by Gasteiger charge is -2.19. The summed E-state index contributed by atoms with van der Waals surface area (Å²) in [4.78, 5) is 0. The lowest BCUT2D eigenvalue weighted by molar-refractivity contribution is 0.135. The van der Waals surface area contributed by atoms with Gasteiger partial charge in [-0.05, 0) is 37.5 Å². The zero-order valence-electron chi connectivity index (χ0n) is 8.85. The van der Waals surface area contributed by atoms with Gasteiger partial charge in [0.15, 0.2) is 0 Å². The van der Waals surface area contributed by atoms with Crippen LogP contribution in [0.25, 0.3) is 0 Å². The predicted molar refractivity (Wildman–Crippen MR) is 58.7 cm³/mol. The molecular formula is C12H17NO2. The van der Waals surface area contributed by atoms with Crippen LogP contribution in [-0.4, -0.2) is 22.3 Å². The lowest BCUT2D eigenvalue weighted by Crippen LogP contribution is -2.32. The Labute approximate surface area is 89.8 Å². The van der Waals surface area contributed by atoms with Gasteiger partial charge in [0, 0.05) is 12.1 Å². The lowest BCUT2D eigenvalue weighted by atomic mass is 10.0. The average molecular weight is 207 g/mol. The fourth-order valence-corrected chi connectivity index (χ4v) is 2.15. The van der Waals surface area contributed by atoms with Crippen molar-refractivity contribution in [3.05, 3.63) is 29.8 Å². The maximum Gasteiger partial charge on any atom is 0.115 e. The molecule has 0 radical (unpaired) electrons.